The summed E-state index contributed by atoms with van der Waals surface area (Å²) < 4.78 is 11.8. The number of aromatic nitrogens is 1. The Labute approximate surface area is 207 Å². The first kappa shape index (κ1) is 22.5. The molecule has 0 amide bonds. The molecule has 176 valence electrons. The minimum absolute atomic E-state index is 0.0523. The fourth-order valence-corrected chi connectivity index (χ4v) is 4.70. The lowest BCUT2D eigenvalue weighted by atomic mass is 10.0. The largest absolute Gasteiger partial charge is 0.496 e. The van der Waals surface area contributed by atoms with Gasteiger partial charge in [0.15, 0.2) is 5.11 Å². The number of nitrogens with zero attached hydrogens (tertiary/aromatic N) is 3. The SMILES string of the molecule is COc1cc([N+](=O)[O-])ccc1-c1ccc([C@@H]2[C@H](c3ccccn3)NC(=S)N2c2cccc(C)c2)o1. The Morgan fingerprint density at radius 3 is 2.69 bits per heavy atom. The molecule has 4 aromatic rings. The van der Waals surface area contributed by atoms with Gasteiger partial charge in [-0.2, -0.15) is 0 Å². The Balaban J connectivity index is 1.60. The van der Waals surface area contributed by atoms with Gasteiger partial charge in [0, 0.05) is 18.0 Å². The number of thiocarbonyl (C=S) groups is 1. The van der Waals surface area contributed by atoms with Crippen LogP contribution in [0.25, 0.3) is 11.3 Å². The molecule has 1 saturated heterocycles. The number of anilines is 1. The number of non-ortho nitro benzene ring substituents is 1. The number of hydrogen-bond acceptors (Lipinski definition) is 6. The number of methoxy groups -OCH3 is 1. The van der Waals surface area contributed by atoms with E-state index in [-0.39, 0.29) is 17.8 Å². The highest BCUT2D eigenvalue weighted by Gasteiger charge is 2.42. The molecule has 35 heavy (non-hydrogen) atoms. The van der Waals surface area contributed by atoms with Crippen LogP contribution in [0.1, 0.15) is 29.1 Å². The predicted molar refractivity (Wildman–Crippen MR) is 136 cm³/mol. The van der Waals surface area contributed by atoms with E-state index in [0.29, 0.717) is 27.9 Å². The Hall–Kier alpha value is -4.24. The van der Waals surface area contributed by atoms with E-state index < -0.39 is 4.92 Å². The molecule has 3 heterocycles. The van der Waals surface area contributed by atoms with Gasteiger partial charge in [-0.25, -0.2) is 0 Å². The van der Waals surface area contributed by atoms with Gasteiger partial charge in [0.05, 0.1) is 35.4 Å². The number of nitro groups is 1. The highest BCUT2D eigenvalue weighted by atomic mass is 32.1. The van der Waals surface area contributed by atoms with Gasteiger partial charge in [-0.15, -0.1) is 0 Å². The summed E-state index contributed by atoms with van der Waals surface area (Å²) in [7, 11) is 1.47. The van der Waals surface area contributed by atoms with Gasteiger partial charge in [-0.05, 0) is 67.2 Å². The molecule has 0 aliphatic carbocycles. The van der Waals surface area contributed by atoms with Crippen LogP contribution in [0.2, 0.25) is 0 Å². The van der Waals surface area contributed by atoms with Crippen molar-refractivity contribution in [3.8, 4) is 17.1 Å². The van der Waals surface area contributed by atoms with Crippen molar-refractivity contribution in [2.45, 2.75) is 19.0 Å². The first-order valence-electron chi connectivity index (χ1n) is 11.0. The third-order valence-electron chi connectivity index (χ3n) is 5.96. The summed E-state index contributed by atoms with van der Waals surface area (Å²) in [6.45, 7) is 2.03. The summed E-state index contributed by atoms with van der Waals surface area (Å²) in [5, 5.41) is 15.2. The minimum Gasteiger partial charge on any atom is -0.496 e. The molecule has 9 heteroatoms. The molecule has 0 bridgehead atoms. The minimum atomic E-state index is -0.456. The summed E-state index contributed by atoms with van der Waals surface area (Å²) in [4.78, 5) is 17.3. The van der Waals surface area contributed by atoms with Gasteiger partial charge in [0.1, 0.15) is 23.3 Å². The van der Waals surface area contributed by atoms with Crippen molar-refractivity contribution >= 4 is 28.7 Å². The van der Waals surface area contributed by atoms with E-state index >= 15 is 0 Å². The zero-order valence-electron chi connectivity index (χ0n) is 19.0. The third-order valence-corrected chi connectivity index (χ3v) is 6.27. The number of rotatable bonds is 6. The van der Waals surface area contributed by atoms with Crippen LogP contribution < -0.4 is 15.0 Å². The maximum Gasteiger partial charge on any atom is 0.273 e. The fraction of sp³-hybridized carbons (Fsp3) is 0.154. The van der Waals surface area contributed by atoms with Crippen molar-refractivity contribution in [2.24, 2.45) is 0 Å². The summed E-state index contributed by atoms with van der Waals surface area (Å²) >= 11 is 5.76. The van der Waals surface area contributed by atoms with Crippen molar-refractivity contribution in [1.82, 2.24) is 10.3 Å². The van der Waals surface area contributed by atoms with Crippen molar-refractivity contribution in [3.05, 3.63) is 106 Å². The van der Waals surface area contributed by atoms with Gasteiger partial charge in [0.2, 0.25) is 0 Å². The van der Waals surface area contributed by atoms with E-state index in [1.54, 1.807) is 12.3 Å². The molecule has 1 N–H and O–H groups in total. The van der Waals surface area contributed by atoms with E-state index in [1.807, 2.05) is 60.4 Å². The van der Waals surface area contributed by atoms with Crippen LogP contribution in [0.15, 0.2) is 83.4 Å². The first-order chi connectivity index (χ1) is 17.0. The lowest BCUT2D eigenvalue weighted by Gasteiger charge is -2.26. The first-order valence-corrected chi connectivity index (χ1v) is 11.4. The lowest BCUT2D eigenvalue weighted by Crippen LogP contribution is -2.29. The maximum atomic E-state index is 11.2. The van der Waals surface area contributed by atoms with Crippen molar-refractivity contribution in [2.75, 3.05) is 12.0 Å². The molecule has 0 unspecified atom stereocenters. The monoisotopic (exact) mass is 486 g/mol. The van der Waals surface area contributed by atoms with Gasteiger partial charge in [-0.3, -0.25) is 15.1 Å². The molecule has 1 aliphatic heterocycles. The Bertz CT molecular complexity index is 1410. The van der Waals surface area contributed by atoms with Crippen LogP contribution in [0.4, 0.5) is 11.4 Å². The second kappa shape index (κ2) is 9.19. The zero-order chi connectivity index (χ0) is 24.5. The van der Waals surface area contributed by atoms with Gasteiger partial charge in [0.25, 0.3) is 5.69 Å². The van der Waals surface area contributed by atoms with E-state index in [1.165, 1.54) is 19.2 Å². The summed E-state index contributed by atoms with van der Waals surface area (Å²) in [5.74, 6) is 1.57. The van der Waals surface area contributed by atoms with Gasteiger partial charge < -0.3 is 19.4 Å². The molecule has 5 rings (SSSR count). The highest BCUT2D eigenvalue weighted by Crippen LogP contribution is 2.44. The molecule has 1 aliphatic rings. The average Bonchev–Trinajstić information content (AvgIpc) is 3.48. The fourth-order valence-electron chi connectivity index (χ4n) is 4.35. The number of nitrogens with one attached hydrogen (secondary N) is 1. The zero-order valence-corrected chi connectivity index (χ0v) is 19.9. The van der Waals surface area contributed by atoms with Crippen LogP contribution in [-0.2, 0) is 0 Å². The van der Waals surface area contributed by atoms with Crippen molar-refractivity contribution < 1.29 is 14.1 Å². The van der Waals surface area contributed by atoms with Crippen molar-refractivity contribution in [1.29, 1.82) is 0 Å². The standard InChI is InChI=1S/C26H22N4O4S/c1-16-6-5-7-17(14-16)29-25(24(28-26(29)35)20-8-3-4-13-27-20)22-12-11-21(34-22)19-10-9-18(30(31)32)15-23(19)33-2/h3-15,24-25H,1-2H3,(H,28,35)/t24-,25+/m0/s1. The van der Waals surface area contributed by atoms with Crippen LogP contribution >= 0.6 is 12.2 Å². The number of hydrogen-bond donors (Lipinski definition) is 1. The number of nitro benzene ring substituents is 1. The number of ether oxygens (including phenoxy) is 1. The average molecular weight is 487 g/mol. The Morgan fingerprint density at radius 1 is 1.11 bits per heavy atom. The highest BCUT2D eigenvalue weighted by molar-refractivity contribution is 7.80. The van der Waals surface area contributed by atoms with Crippen LogP contribution in [0.5, 0.6) is 5.75 Å². The van der Waals surface area contributed by atoms with E-state index in [4.69, 9.17) is 21.4 Å². The third kappa shape index (κ3) is 4.22. The molecule has 0 radical (unpaired) electrons. The quantitative estimate of drug-likeness (QED) is 0.209. The number of furan rings is 1. The molecule has 0 saturated carbocycles. The summed E-state index contributed by atoms with van der Waals surface area (Å²) in [6, 6.07) is 21.5. The molecule has 0 spiro atoms. The van der Waals surface area contributed by atoms with Crippen molar-refractivity contribution in [3.63, 3.8) is 0 Å². The van der Waals surface area contributed by atoms with Gasteiger partial charge in [-0.1, -0.05) is 18.2 Å². The summed E-state index contributed by atoms with van der Waals surface area (Å²) in [6.07, 6.45) is 1.75. The van der Waals surface area contributed by atoms with Crippen LogP contribution in [-0.4, -0.2) is 22.1 Å². The molecule has 1 fully saturated rings. The predicted octanol–water partition coefficient (Wildman–Crippen LogP) is 5.74. The normalized spacial score (nSPS) is 17.3. The number of pyridine rings is 1. The number of aryl methyl sites for hydroxylation is 1. The topological polar surface area (TPSA) is 93.7 Å². The van der Waals surface area contributed by atoms with Crippen LogP contribution in [0.3, 0.4) is 0 Å². The molecular weight excluding hydrogens is 464 g/mol. The summed E-state index contributed by atoms with van der Waals surface area (Å²) in [5.41, 5.74) is 3.46. The number of benzene rings is 2. The second-order valence-electron chi connectivity index (χ2n) is 8.18. The molecule has 8 nitrogen and oxygen atoms in total. The smallest absolute Gasteiger partial charge is 0.273 e. The van der Waals surface area contributed by atoms with Crippen LogP contribution in [0, 0.1) is 17.0 Å². The van der Waals surface area contributed by atoms with E-state index in [2.05, 4.69) is 16.4 Å². The molecule has 2 aromatic heterocycles. The molecule has 2 aromatic carbocycles. The van der Waals surface area contributed by atoms with Gasteiger partial charge >= 0.3 is 0 Å². The maximum absolute atomic E-state index is 11.2. The Morgan fingerprint density at radius 2 is 1.97 bits per heavy atom. The second-order valence-corrected chi connectivity index (χ2v) is 8.57. The lowest BCUT2D eigenvalue weighted by molar-refractivity contribution is -0.384. The molecule has 2 atom stereocenters. The Kier molecular flexibility index (Phi) is 5.92. The molecular formula is C26H22N4O4S. The van der Waals surface area contributed by atoms with E-state index in [9.17, 15) is 10.1 Å². The van der Waals surface area contributed by atoms with E-state index in [0.717, 1.165) is 16.9 Å².